The van der Waals surface area contributed by atoms with Crippen molar-refractivity contribution in [2.45, 2.75) is 45.4 Å². The lowest BCUT2D eigenvalue weighted by atomic mass is 9.91. The summed E-state index contributed by atoms with van der Waals surface area (Å²) < 4.78 is 17.6. The fraction of sp³-hybridized carbons (Fsp3) is 0.400. The summed E-state index contributed by atoms with van der Waals surface area (Å²) in [6.45, 7) is 4.24. The van der Waals surface area contributed by atoms with Gasteiger partial charge in [-0.3, -0.25) is 4.90 Å². The summed E-state index contributed by atoms with van der Waals surface area (Å²) in [4.78, 5) is 4.59. The summed E-state index contributed by atoms with van der Waals surface area (Å²) >= 11 is 0. The number of likely N-dealkylation sites (tertiary alicyclic amines) is 1. The molecular weight excluding hydrogens is 464 g/mol. The molecule has 0 radical (unpaired) electrons. The molecule has 0 N–H and O–H groups in total. The predicted molar refractivity (Wildman–Crippen MR) is 142 cm³/mol. The number of ether oxygens (including phenoxy) is 1. The zero-order chi connectivity index (χ0) is 25.6. The van der Waals surface area contributed by atoms with Crippen molar-refractivity contribution in [1.82, 2.24) is 15.0 Å². The average Bonchev–Trinajstić information content (AvgIpc) is 3.58. The molecule has 0 atom stereocenters. The molecular formula is C30H34N4O3. The molecule has 0 saturated carbocycles. The van der Waals surface area contributed by atoms with Crippen molar-refractivity contribution in [1.29, 1.82) is 5.26 Å². The summed E-state index contributed by atoms with van der Waals surface area (Å²) in [5, 5.41) is 14.6. The zero-order valence-electron chi connectivity index (χ0n) is 21.7. The van der Waals surface area contributed by atoms with Gasteiger partial charge in [-0.25, -0.2) is 0 Å². The lowest BCUT2D eigenvalue weighted by Crippen LogP contribution is -2.33. The number of piperidine rings is 1. The monoisotopic (exact) mass is 498 g/mol. The number of hydrogen-bond donors (Lipinski definition) is 0. The number of aromatic nitrogens is 1. The molecule has 192 valence electrons. The molecule has 7 nitrogen and oxygen atoms in total. The van der Waals surface area contributed by atoms with Crippen LogP contribution in [0.1, 0.15) is 47.4 Å². The molecule has 4 aromatic rings. The summed E-state index contributed by atoms with van der Waals surface area (Å²) in [6, 6.07) is 17.8. The van der Waals surface area contributed by atoms with Gasteiger partial charge in [0.2, 0.25) is 0 Å². The van der Waals surface area contributed by atoms with E-state index in [4.69, 9.17) is 18.9 Å². The first-order valence-electron chi connectivity index (χ1n) is 13.0. The fourth-order valence-electron chi connectivity index (χ4n) is 5.11. The highest BCUT2D eigenvalue weighted by Gasteiger charge is 2.22. The summed E-state index contributed by atoms with van der Waals surface area (Å²) in [5.41, 5.74) is 4.53. The first-order chi connectivity index (χ1) is 18.1. The molecule has 37 heavy (non-hydrogen) atoms. The second-order valence-electron chi connectivity index (χ2n) is 10.2. The minimum absolute atomic E-state index is 0.428. The predicted octanol–water partition coefficient (Wildman–Crippen LogP) is 5.78. The second-order valence-corrected chi connectivity index (χ2v) is 10.2. The summed E-state index contributed by atoms with van der Waals surface area (Å²) in [7, 11) is 4.08. The molecule has 2 aromatic carbocycles. The first kappa shape index (κ1) is 25.1. The van der Waals surface area contributed by atoms with E-state index in [-0.39, 0.29) is 0 Å². The molecule has 0 bridgehead atoms. The highest BCUT2D eigenvalue weighted by atomic mass is 16.5. The van der Waals surface area contributed by atoms with Crippen LogP contribution in [0.2, 0.25) is 0 Å². The Morgan fingerprint density at radius 3 is 2.62 bits per heavy atom. The minimum atomic E-state index is 0.428. The lowest BCUT2D eigenvalue weighted by molar-refractivity contribution is 0.162. The Bertz CT molecular complexity index is 1330. The van der Waals surface area contributed by atoms with Crippen molar-refractivity contribution in [2.75, 3.05) is 27.2 Å². The zero-order valence-corrected chi connectivity index (χ0v) is 21.7. The standard InChI is InChI=1S/C30H34N4O3/c1-33(2)20-27-29(36-21-24-7-5-23(18-31)6-8-24)12-10-26-28(32-37-30(26)27)11-9-22-13-15-34(16-14-22)19-25-4-3-17-35-25/h3-8,10,12,17,22H,9,11,13-16,19-21H2,1-2H3. The van der Waals surface area contributed by atoms with E-state index in [0.717, 1.165) is 71.8 Å². The molecule has 0 amide bonds. The van der Waals surface area contributed by atoms with Gasteiger partial charge in [-0.05, 0) is 101 Å². The molecule has 0 aliphatic carbocycles. The average molecular weight is 499 g/mol. The van der Waals surface area contributed by atoms with E-state index in [1.807, 2.05) is 50.5 Å². The number of benzene rings is 2. The van der Waals surface area contributed by atoms with Crippen molar-refractivity contribution in [3.63, 3.8) is 0 Å². The van der Waals surface area contributed by atoms with Gasteiger partial charge in [0.15, 0.2) is 5.58 Å². The van der Waals surface area contributed by atoms with Crippen molar-refractivity contribution < 1.29 is 13.7 Å². The Balaban J connectivity index is 1.23. The van der Waals surface area contributed by atoms with E-state index in [0.29, 0.717) is 24.6 Å². The van der Waals surface area contributed by atoms with Crippen LogP contribution in [-0.2, 0) is 26.1 Å². The third-order valence-electron chi connectivity index (χ3n) is 7.18. The summed E-state index contributed by atoms with van der Waals surface area (Å²) in [5.74, 6) is 2.55. The van der Waals surface area contributed by atoms with Crippen LogP contribution < -0.4 is 4.74 Å². The molecule has 1 aliphatic heterocycles. The number of nitrogens with zero attached hydrogens (tertiary/aromatic N) is 4. The van der Waals surface area contributed by atoms with E-state index >= 15 is 0 Å². The van der Waals surface area contributed by atoms with Crippen molar-refractivity contribution in [2.24, 2.45) is 5.92 Å². The SMILES string of the molecule is CN(C)Cc1c(OCc2ccc(C#N)cc2)ccc2c(CCC3CCN(Cc4ccco4)CC3)noc12. The molecule has 0 spiro atoms. The highest BCUT2D eigenvalue weighted by Crippen LogP contribution is 2.33. The van der Waals surface area contributed by atoms with Crippen molar-refractivity contribution in [3.8, 4) is 11.8 Å². The van der Waals surface area contributed by atoms with E-state index in [1.165, 1.54) is 12.8 Å². The van der Waals surface area contributed by atoms with Crippen LogP contribution in [0.25, 0.3) is 11.0 Å². The van der Waals surface area contributed by atoms with E-state index < -0.39 is 0 Å². The molecule has 3 heterocycles. The topological polar surface area (TPSA) is 78.7 Å². The maximum absolute atomic E-state index is 9.02. The number of fused-ring (bicyclic) bond motifs is 1. The maximum Gasteiger partial charge on any atom is 0.175 e. The van der Waals surface area contributed by atoms with Crippen molar-refractivity contribution in [3.05, 3.63) is 82.9 Å². The Morgan fingerprint density at radius 1 is 1.11 bits per heavy atom. The molecule has 0 unspecified atom stereocenters. The Morgan fingerprint density at radius 2 is 1.92 bits per heavy atom. The van der Waals surface area contributed by atoms with Crippen LogP contribution in [0.3, 0.4) is 0 Å². The Kier molecular flexibility index (Phi) is 7.88. The molecule has 1 aliphatic rings. The molecule has 1 fully saturated rings. The van der Waals surface area contributed by atoms with Gasteiger partial charge in [-0.15, -0.1) is 0 Å². The van der Waals surface area contributed by atoms with Crippen LogP contribution in [0, 0.1) is 17.2 Å². The molecule has 1 saturated heterocycles. The Labute approximate surface area is 218 Å². The molecule has 7 heteroatoms. The minimum Gasteiger partial charge on any atom is -0.488 e. The maximum atomic E-state index is 9.02. The lowest BCUT2D eigenvalue weighted by Gasteiger charge is -2.31. The van der Waals surface area contributed by atoms with Gasteiger partial charge in [0.25, 0.3) is 0 Å². The number of nitriles is 1. The highest BCUT2D eigenvalue weighted by molar-refractivity contribution is 5.84. The van der Waals surface area contributed by atoms with Crippen LogP contribution in [0.5, 0.6) is 5.75 Å². The summed E-state index contributed by atoms with van der Waals surface area (Å²) in [6.07, 6.45) is 6.20. The Hall–Kier alpha value is -3.60. The quantitative estimate of drug-likeness (QED) is 0.274. The number of rotatable bonds is 10. The van der Waals surface area contributed by atoms with Gasteiger partial charge in [-0.2, -0.15) is 5.26 Å². The fourth-order valence-corrected chi connectivity index (χ4v) is 5.11. The van der Waals surface area contributed by atoms with E-state index in [2.05, 4.69) is 33.2 Å². The van der Waals surface area contributed by atoms with Crippen LogP contribution in [0.4, 0.5) is 0 Å². The smallest absolute Gasteiger partial charge is 0.175 e. The normalized spacial score (nSPS) is 14.9. The first-order valence-corrected chi connectivity index (χ1v) is 13.0. The second kappa shape index (κ2) is 11.6. The van der Waals surface area contributed by atoms with Gasteiger partial charge < -0.3 is 18.6 Å². The molecule has 5 rings (SSSR count). The third kappa shape index (κ3) is 6.22. The number of hydrogen-bond acceptors (Lipinski definition) is 7. The van der Waals surface area contributed by atoms with Crippen molar-refractivity contribution >= 4 is 11.0 Å². The number of furan rings is 1. The van der Waals surface area contributed by atoms with Crippen LogP contribution >= 0.6 is 0 Å². The van der Waals surface area contributed by atoms with Gasteiger partial charge in [0.05, 0.1) is 35.7 Å². The van der Waals surface area contributed by atoms with Gasteiger partial charge in [0.1, 0.15) is 18.1 Å². The van der Waals surface area contributed by atoms with Gasteiger partial charge in [0, 0.05) is 11.9 Å². The van der Waals surface area contributed by atoms with Crippen LogP contribution in [-0.4, -0.2) is 42.1 Å². The van der Waals surface area contributed by atoms with E-state index in [1.54, 1.807) is 6.26 Å². The van der Waals surface area contributed by atoms with Crippen LogP contribution in [0.15, 0.2) is 63.7 Å². The van der Waals surface area contributed by atoms with E-state index in [9.17, 15) is 0 Å². The third-order valence-corrected chi connectivity index (χ3v) is 7.18. The largest absolute Gasteiger partial charge is 0.488 e. The van der Waals surface area contributed by atoms with Gasteiger partial charge in [-0.1, -0.05) is 17.3 Å². The molecule has 2 aromatic heterocycles. The number of aryl methyl sites for hydroxylation is 1. The van der Waals surface area contributed by atoms with Gasteiger partial charge >= 0.3 is 0 Å².